The van der Waals surface area contributed by atoms with E-state index in [2.05, 4.69) is 26.3 Å². The maximum Gasteiger partial charge on any atom is 0.620 e. The Hall–Kier alpha value is -6.44. The first-order valence-electron chi connectivity index (χ1n) is 29.1. The molecule has 0 radical (unpaired) electrons. The Kier molecular flexibility index (Phi) is 20.7. The number of hydrogen-bond donors (Lipinski definition) is 4. The summed E-state index contributed by atoms with van der Waals surface area (Å²) >= 11 is 0. The Labute approximate surface area is 508 Å². The summed E-state index contributed by atoms with van der Waals surface area (Å²) in [5, 5.41) is 48.4. The molecular weight excluding hydrogens is 1070 g/mol. The molecule has 0 spiro atoms. The molecule has 0 heterocycles. The van der Waals surface area contributed by atoms with Crippen LogP contribution in [0, 0.1) is 0 Å². The third kappa shape index (κ3) is 17.8. The molecule has 0 bridgehead atoms. The lowest BCUT2D eigenvalue weighted by atomic mass is 9.78. The number of hydrogen-bond acceptors (Lipinski definition) is 12. The van der Waals surface area contributed by atoms with Crippen LogP contribution in [0.15, 0.2) is 99.1 Å². The van der Waals surface area contributed by atoms with E-state index in [-0.39, 0.29) is 22.3 Å². The van der Waals surface area contributed by atoms with Crippen LogP contribution in [0.5, 0.6) is 0 Å². The molecule has 0 amide bonds. The molecule has 4 atom stereocenters. The number of aliphatic hydroxyl groups excluding tert-OH is 4. The molecule has 0 aromatic heterocycles. The van der Waals surface area contributed by atoms with Gasteiger partial charge in [-0.25, -0.2) is 19.2 Å². The van der Waals surface area contributed by atoms with E-state index in [9.17, 15) is 39.6 Å². The molecule has 0 saturated heterocycles. The predicted octanol–water partition coefficient (Wildman–Crippen LogP) is 14.4. The van der Waals surface area contributed by atoms with Gasteiger partial charge in [-0.1, -0.05) is 265 Å². The number of aliphatic hydroxyl groups is 4. The average molecular weight is 1170 g/mol. The Morgan fingerprint density at radius 1 is 0.271 bits per heavy atom. The smallest absolute Gasteiger partial charge is 0.377 e. The van der Waals surface area contributed by atoms with Gasteiger partial charge >= 0.3 is 30.0 Å². The summed E-state index contributed by atoms with van der Waals surface area (Å²) in [7, 11) is 0. The van der Waals surface area contributed by atoms with Crippen molar-refractivity contribution in [3.05, 3.63) is 166 Å². The molecule has 4 aromatic rings. The molecule has 4 N–H and O–H groups in total. The van der Waals surface area contributed by atoms with E-state index in [1.165, 1.54) is 0 Å². The molecule has 0 aliphatic rings. The summed E-state index contributed by atoms with van der Waals surface area (Å²) < 4.78 is 23.0. The lowest BCUT2D eigenvalue weighted by molar-refractivity contribution is -0.435. The van der Waals surface area contributed by atoms with Gasteiger partial charge in [0.05, 0.1) is 0 Å². The maximum absolute atomic E-state index is 14.9. The Morgan fingerprint density at radius 2 is 0.388 bits per heavy atom. The molecule has 0 aliphatic carbocycles. The molecule has 12 nitrogen and oxygen atoms in total. The first-order valence-corrected chi connectivity index (χ1v) is 29.1. The van der Waals surface area contributed by atoms with Gasteiger partial charge in [0, 0.05) is 0 Å². The van der Waals surface area contributed by atoms with Crippen LogP contribution in [0.3, 0.4) is 0 Å². The number of esters is 4. The average Bonchev–Trinajstić information content (AvgIpc) is 2.83. The monoisotopic (exact) mass is 1170 g/mol. The molecule has 464 valence electrons. The number of carbonyl (C=O) groups excluding carboxylic acids is 4. The minimum absolute atomic E-state index is 0.232. The van der Waals surface area contributed by atoms with E-state index in [1.807, 2.05) is 190 Å². The highest BCUT2D eigenvalue weighted by Crippen LogP contribution is 2.39. The van der Waals surface area contributed by atoms with Gasteiger partial charge in [-0.15, -0.1) is 0 Å². The fourth-order valence-electron chi connectivity index (χ4n) is 8.76. The van der Waals surface area contributed by atoms with Crippen molar-refractivity contribution in [3.63, 3.8) is 0 Å². The predicted molar refractivity (Wildman–Crippen MR) is 343 cm³/mol. The number of rotatable bonds is 16. The van der Waals surface area contributed by atoms with Gasteiger partial charge < -0.3 is 39.4 Å². The summed E-state index contributed by atoms with van der Waals surface area (Å²) in [6.07, 6.45) is -13.6. The van der Waals surface area contributed by atoms with Crippen molar-refractivity contribution >= 4 is 46.2 Å². The Bertz CT molecular complexity index is 2670. The second kappa shape index (κ2) is 24.7. The molecule has 4 rings (SSSR count). The van der Waals surface area contributed by atoms with E-state index in [1.54, 1.807) is 48.5 Å². The van der Waals surface area contributed by atoms with Crippen molar-refractivity contribution in [2.75, 3.05) is 0 Å². The quantitative estimate of drug-likeness (QED) is 0.0615. The fourth-order valence-corrected chi connectivity index (χ4v) is 8.76. The third-order valence-electron chi connectivity index (χ3n) is 15.3. The minimum Gasteiger partial charge on any atom is -0.377 e. The topological polar surface area (TPSA) is 186 Å². The van der Waals surface area contributed by atoms with Crippen LogP contribution in [0.2, 0.25) is 0 Å². The number of ether oxygens (including phenoxy) is 4. The van der Waals surface area contributed by atoms with Crippen molar-refractivity contribution in [1.29, 1.82) is 0 Å². The van der Waals surface area contributed by atoms with E-state index in [0.717, 1.165) is 44.5 Å². The van der Waals surface area contributed by atoms with Gasteiger partial charge in [0.15, 0.2) is 24.4 Å². The summed E-state index contributed by atoms with van der Waals surface area (Å²) in [4.78, 5) is 59.6. The number of benzene rings is 4. The minimum atomic E-state index is -4.10. The summed E-state index contributed by atoms with van der Waals surface area (Å²) in [5.41, 5.74) is 3.46. The van der Waals surface area contributed by atoms with Crippen LogP contribution in [0.1, 0.15) is 233 Å². The van der Waals surface area contributed by atoms with Crippen molar-refractivity contribution in [1.82, 2.24) is 0 Å². The molecule has 4 unspecified atom stereocenters. The van der Waals surface area contributed by atoms with E-state index < -0.39 is 97.8 Å². The summed E-state index contributed by atoms with van der Waals surface area (Å²) in [5.74, 6) is -7.00. The van der Waals surface area contributed by atoms with Gasteiger partial charge in [-0.2, -0.15) is 0 Å². The van der Waals surface area contributed by atoms with Gasteiger partial charge in [0.2, 0.25) is 0 Å². The zero-order valence-corrected chi connectivity index (χ0v) is 55.6. The van der Waals surface area contributed by atoms with E-state index >= 15 is 0 Å². The second-order valence-electron chi connectivity index (χ2n) is 31.1. The van der Waals surface area contributed by atoms with Crippen LogP contribution in [-0.2, 0) is 81.4 Å². The highest BCUT2D eigenvalue weighted by Gasteiger charge is 2.54. The lowest BCUT2D eigenvalue weighted by Gasteiger charge is -2.32. The molecule has 12 heteroatoms. The largest absolute Gasteiger partial charge is 0.620 e. The van der Waals surface area contributed by atoms with Gasteiger partial charge in [0.25, 0.3) is 0 Å². The lowest BCUT2D eigenvalue weighted by Crippen LogP contribution is -2.53. The molecule has 0 aliphatic heterocycles. The van der Waals surface area contributed by atoms with E-state index in [4.69, 9.17) is 18.9 Å². The second-order valence-corrected chi connectivity index (χ2v) is 31.1. The SMILES string of the molecule is C=C(c1cc(C(C)(C)C)cc(C(C)(C)C)c1)C(O)C(=O)OC(OC(=O)C(O)C(=C)c1cc(C(C)(C)C)cc(C(C)(C)C)c1)(OC(=O)C(O)C(=C)c1cc(C(C)(C)C)cc(C(C)(C)C)c1)OC(=O)C(O)C(=C)c1cc(C(C)(C)C)cc(C(C)(C)C)c1. The first-order chi connectivity index (χ1) is 38.1. The number of carbonyl (C=O) groups is 4. The molecule has 0 fully saturated rings. The van der Waals surface area contributed by atoms with Gasteiger partial charge in [-0.05, 0) is 132 Å². The fraction of sp³-hybridized carbons (Fsp3) is 0.507. The molecule has 85 heavy (non-hydrogen) atoms. The van der Waals surface area contributed by atoms with Gasteiger partial charge in [0.1, 0.15) is 0 Å². The Morgan fingerprint density at radius 3 is 0.494 bits per heavy atom. The highest BCUT2D eigenvalue weighted by atomic mass is 17.0. The molecule has 4 aromatic carbocycles. The highest BCUT2D eigenvalue weighted by molar-refractivity contribution is 5.95. The first kappa shape index (κ1) is 71.0. The standard InChI is InChI=1S/C73H100O12/c1-41(45-29-49(65(5,6)7)37-50(30-45)66(8,9)10)57(74)61(78)82-73(83-62(79)58(75)42(2)46-31-51(67(11,12)13)38-52(32-46)68(14,15)16,84-63(80)59(76)43(3)47-33-53(69(17,18)19)39-54(34-47)70(20,21)22)85-64(81)60(77)44(4)48-35-55(71(23,24)25)40-56(36-48)72(26,27)28/h29-40,57-60,74-77H,1-4H2,5-28H3. The van der Waals surface area contributed by atoms with Crippen LogP contribution < -0.4 is 0 Å². The molecule has 0 saturated carbocycles. The Balaban J connectivity index is 2.06. The summed E-state index contributed by atoms with van der Waals surface area (Å²) in [6.45, 7) is 64.1. The van der Waals surface area contributed by atoms with Crippen molar-refractivity contribution in [2.45, 2.75) is 240 Å². The normalized spacial score (nSPS) is 15.1. The van der Waals surface area contributed by atoms with Crippen LogP contribution in [0.25, 0.3) is 22.3 Å². The van der Waals surface area contributed by atoms with Crippen molar-refractivity contribution < 1.29 is 58.6 Å². The maximum atomic E-state index is 14.9. The summed E-state index contributed by atoms with van der Waals surface area (Å²) in [6, 6.07) is 22.0. The van der Waals surface area contributed by atoms with Crippen LogP contribution in [-0.4, -0.2) is 74.9 Å². The van der Waals surface area contributed by atoms with Crippen molar-refractivity contribution in [3.8, 4) is 0 Å². The van der Waals surface area contributed by atoms with E-state index in [0.29, 0.717) is 22.3 Å². The zero-order valence-electron chi connectivity index (χ0n) is 55.6. The zero-order chi connectivity index (χ0) is 65.7. The van der Waals surface area contributed by atoms with Crippen LogP contribution >= 0.6 is 0 Å². The third-order valence-corrected chi connectivity index (χ3v) is 15.3. The van der Waals surface area contributed by atoms with Crippen LogP contribution in [0.4, 0.5) is 0 Å². The molecular formula is C73H100O12. The van der Waals surface area contributed by atoms with Crippen molar-refractivity contribution in [2.24, 2.45) is 0 Å². The van der Waals surface area contributed by atoms with Gasteiger partial charge in [-0.3, -0.25) is 0 Å².